The summed E-state index contributed by atoms with van der Waals surface area (Å²) in [4.78, 5) is 10.8. The van der Waals surface area contributed by atoms with E-state index in [0.717, 1.165) is 6.04 Å². The summed E-state index contributed by atoms with van der Waals surface area (Å²) in [5.41, 5.74) is 0. The normalized spacial score (nSPS) is 11.6. The molecule has 0 aliphatic heterocycles. The first-order valence-corrected chi connectivity index (χ1v) is 11.1. The molecule has 19 heavy (non-hydrogen) atoms. The molecule has 3 heteroatoms. The quantitative estimate of drug-likeness (QED) is 0.350. The van der Waals surface area contributed by atoms with Gasteiger partial charge in [-0.05, 0) is 19.1 Å². The molecule has 0 spiro atoms. The average molecular weight is 286 g/mol. The Balaban J connectivity index is 3.28. The van der Waals surface area contributed by atoms with Crippen LogP contribution in [0.15, 0.2) is 0 Å². The van der Waals surface area contributed by atoms with Crippen LogP contribution in [0.3, 0.4) is 0 Å². The van der Waals surface area contributed by atoms with Gasteiger partial charge in [-0.15, -0.1) is 0 Å². The van der Waals surface area contributed by atoms with Crippen LogP contribution in [0.25, 0.3) is 0 Å². The number of carbonyl (C=O) groups is 1. The Morgan fingerprint density at radius 1 is 0.895 bits per heavy atom. The smallest absolute Gasteiger partial charge is 0.293 e. The molecule has 0 bridgehead atoms. The number of unbranched alkanes of at least 4 members (excludes halogenated alkanes) is 9. The van der Waals surface area contributed by atoms with Gasteiger partial charge in [0.2, 0.25) is 8.32 Å². The maximum Gasteiger partial charge on any atom is 0.293 e. The lowest BCUT2D eigenvalue weighted by molar-refractivity contribution is -0.130. The Hall–Kier alpha value is -0.313. The summed E-state index contributed by atoms with van der Waals surface area (Å²) in [6, 6.07) is 1.07. The van der Waals surface area contributed by atoms with Gasteiger partial charge in [0, 0.05) is 0 Å². The number of hydrogen-bond acceptors (Lipinski definition) is 2. The maximum absolute atomic E-state index is 10.8. The summed E-state index contributed by atoms with van der Waals surface area (Å²) in [5, 5.41) is 0. The van der Waals surface area contributed by atoms with Crippen LogP contribution in [0, 0.1) is 6.92 Å². The third-order valence-corrected chi connectivity index (χ3v) is 5.86. The Morgan fingerprint density at radius 3 is 1.74 bits per heavy atom. The predicted molar refractivity (Wildman–Crippen MR) is 85.6 cm³/mol. The fourth-order valence-corrected chi connectivity index (χ4v) is 4.22. The van der Waals surface area contributed by atoms with Gasteiger partial charge in [-0.2, -0.15) is 0 Å². The molecule has 0 aliphatic carbocycles. The molecule has 0 saturated carbocycles. The van der Waals surface area contributed by atoms with Gasteiger partial charge in [-0.1, -0.05) is 71.1 Å². The van der Waals surface area contributed by atoms with Crippen molar-refractivity contribution in [2.24, 2.45) is 0 Å². The highest BCUT2D eigenvalue weighted by molar-refractivity contribution is 6.72. The van der Waals surface area contributed by atoms with Crippen LogP contribution < -0.4 is 0 Å². The van der Waals surface area contributed by atoms with E-state index in [0.29, 0.717) is 0 Å². The lowest BCUT2D eigenvalue weighted by Crippen LogP contribution is -2.32. The highest BCUT2D eigenvalue weighted by Crippen LogP contribution is 2.17. The molecule has 0 aromatic carbocycles. The third kappa shape index (κ3) is 13.9. The Bertz CT molecular complexity index is 227. The lowest BCUT2D eigenvalue weighted by Gasteiger charge is -2.21. The van der Waals surface area contributed by atoms with Gasteiger partial charge >= 0.3 is 0 Å². The topological polar surface area (TPSA) is 26.3 Å². The number of hydrogen-bond donors (Lipinski definition) is 0. The molecule has 0 atom stereocenters. The second-order valence-electron chi connectivity index (χ2n) is 6.17. The van der Waals surface area contributed by atoms with Crippen molar-refractivity contribution in [3.8, 4) is 0 Å². The first kappa shape index (κ1) is 18.7. The molecule has 113 valence electrons. The van der Waals surface area contributed by atoms with Gasteiger partial charge < -0.3 is 4.43 Å². The molecule has 0 amide bonds. The summed E-state index contributed by atoms with van der Waals surface area (Å²) in [5.74, 6) is -0.358. The minimum atomic E-state index is -1.77. The zero-order chi connectivity index (χ0) is 14.6. The van der Waals surface area contributed by atoms with E-state index in [1.165, 1.54) is 64.2 Å². The molecule has 0 N–H and O–H groups in total. The van der Waals surface area contributed by atoms with Gasteiger partial charge in [-0.25, -0.2) is 0 Å². The first-order chi connectivity index (χ1) is 8.98. The van der Waals surface area contributed by atoms with Gasteiger partial charge in [0.05, 0.1) is 6.92 Å². The van der Waals surface area contributed by atoms with Crippen molar-refractivity contribution in [2.45, 2.75) is 90.3 Å². The van der Waals surface area contributed by atoms with E-state index in [9.17, 15) is 4.79 Å². The molecule has 0 unspecified atom stereocenters. The summed E-state index contributed by atoms with van der Waals surface area (Å²) in [6.07, 6.45) is 13.5. The molecule has 0 fully saturated rings. The second-order valence-corrected chi connectivity index (χ2v) is 10.4. The van der Waals surface area contributed by atoms with Crippen molar-refractivity contribution in [3.05, 3.63) is 6.92 Å². The third-order valence-electron chi connectivity index (χ3n) is 3.52. The minimum Gasteiger partial charge on any atom is -0.520 e. The summed E-state index contributed by atoms with van der Waals surface area (Å²) in [7, 11) is -1.77. The van der Waals surface area contributed by atoms with Crippen LogP contribution in [-0.2, 0) is 9.22 Å². The zero-order valence-corrected chi connectivity index (χ0v) is 14.3. The maximum atomic E-state index is 10.8. The van der Waals surface area contributed by atoms with Crippen LogP contribution in [0.1, 0.15) is 71.1 Å². The fourth-order valence-electron chi connectivity index (χ4n) is 2.40. The Labute approximate surface area is 121 Å². The number of carbonyl (C=O) groups excluding carboxylic acids is 1. The second kappa shape index (κ2) is 11.5. The van der Waals surface area contributed by atoms with Crippen molar-refractivity contribution in [2.75, 3.05) is 0 Å². The molecule has 0 aromatic rings. The van der Waals surface area contributed by atoms with E-state index in [-0.39, 0.29) is 5.97 Å². The van der Waals surface area contributed by atoms with E-state index < -0.39 is 8.32 Å². The van der Waals surface area contributed by atoms with Crippen molar-refractivity contribution < 1.29 is 9.22 Å². The largest absolute Gasteiger partial charge is 0.520 e. The Kier molecular flexibility index (Phi) is 11.3. The van der Waals surface area contributed by atoms with E-state index >= 15 is 0 Å². The van der Waals surface area contributed by atoms with Crippen LogP contribution in [0.4, 0.5) is 0 Å². The molecular weight excluding hydrogens is 252 g/mol. The minimum absolute atomic E-state index is 0.358. The predicted octanol–water partition coefficient (Wildman–Crippen LogP) is 5.49. The first-order valence-electron chi connectivity index (χ1n) is 8.03. The van der Waals surface area contributed by atoms with E-state index in [2.05, 4.69) is 26.9 Å². The number of rotatable bonds is 12. The molecule has 0 saturated heterocycles. The zero-order valence-electron chi connectivity index (χ0n) is 13.3. The van der Waals surface area contributed by atoms with Crippen LogP contribution in [0.5, 0.6) is 0 Å². The fraction of sp³-hybridized carbons (Fsp3) is 0.875. The van der Waals surface area contributed by atoms with Crippen LogP contribution in [-0.4, -0.2) is 14.3 Å². The van der Waals surface area contributed by atoms with Gasteiger partial charge in [-0.3, -0.25) is 4.79 Å². The van der Waals surface area contributed by atoms with E-state index in [1.807, 2.05) is 0 Å². The highest BCUT2D eigenvalue weighted by Gasteiger charge is 2.24. The summed E-state index contributed by atoms with van der Waals surface area (Å²) >= 11 is 0. The average Bonchev–Trinajstić information content (AvgIpc) is 2.30. The van der Waals surface area contributed by atoms with E-state index in [1.54, 1.807) is 0 Å². The van der Waals surface area contributed by atoms with Crippen LogP contribution >= 0.6 is 0 Å². The Morgan fingerprint density at radius 2 is 1.32 bits per heavy atom. The van der Waals surface area contributed by atoms with Crippen molar-refractivity contribution in [3.63, 3.8) is 0 Å². The van der Waals surface area contributed by atoms with Crippen molar-refractivity contribution >= 4 is 14.3 Å². The lowest BCUT2D eigenvalue weighted by atomic mass is 10.1. The van der Waals surface area contributed by atoms with E-state index in [4.69, 9.17) is 4.43 Å². The molecule has 0 aromatic heterocycles. The molecule has 0 rings (SSSR count). The highest BCUT2D eigenvalue weighted by atomic mass is 28.4. The summed E-state index contributed by atoms with van der Waals surface area (Å²) in [6.45, 7) is 9.76. The van der Waals surface area contributed by atoms with Crippen molar-refractivity contribution in [1.29, 1.82) is 0 Å². The van der Waals surface area contributed by atoms with Crippen molar-refractivity contribution in [1.82, 2.24) is 0 Å². The van der Waals surface area contributed by atoms with Crippen LogP contribution in [0.2, 0.25) is 19.1 Å². The summed E-state index contributed by atoms with van der Waals surface area (Å²) < 4.78 is 5.31. The van der Waals surface area contributed by atoms with Gasteiger partial charge in [0.25, 0.3) is 5.97 Å². The molecule has 1 radical (unpaired) electrons. The molecule has 0 aliphatic rings. The van der Waals surface area contributed by atoms with Gasteiger partial charge in [0.1, 0.15) is 0 Å². The SMILES string of the molecule is [CH2]C(=O)O[Si](C)(C)CCCCCCCCCCCC. The molecular formula is C16H33O2Si. The molecule has 2 nitrogen and oxygen atoms in total. The molecule has 0 heterocycles. The van der Waals surface area contributed by atoms with Gasteiger partial charge in [0.15, 0.2) is 0 Å². The standard InChI is InChI=1S/C16H33O2Si/c1-5-6-7-8-9-10-11-12-13-14-15-19(3,4)18-16(2)17/h2,5-15H2,1,3-4H3. The monoisotopic (exact) mass is 285 g/mol.